The van der Waals surface area contributed by atoms with E-state index in [1.54, 1.807) is 26.1 Å². The van der Waals surface area contributed by atoms with Crippen LogP contribution in [0.4, 0.5) is 0 Å². The normalized spacial score (nSPS) is 15.1. The highest BCUT2D eigenvalue weighted by Gasteiger charge is 2.28. The average Bonchev–Trinajstić information content (AvgIpc) is 2.76. The number of hydrogen-bond acceptors (Lipinski definition) is 5. The van der Waals surface area contributed by atoms with E-state index in [9.17, 15) is 4.79 Å². The minimum absolute atomic E-state index is 0. The highest BCUT2D eigenvalue weighted by molar-refractivity contribution is 14.0. The van der Waals surface area contributed by atoms with Crippen molar-refractivity contribution in [3.05, 3.63) is 29.8 Å². The van der Waals surface area contributed by atoms with Gasteiger partial charge in [-0.15, -0.1) is 24.0 Å². The number of nitrogens with one attached hydrogen (secondary N) is 2. The third kappa shape index (κ3) is 9.61. The van der Waals surface area contributed by atoms with Crippen LogP contribution in [0, 0.1) is 0 Å². The lowest BCUT2D eigenvalue weighted by Crippen LogP contribution is -2.56. The summed E-state index contributed by atoms with van der Waals surface area (Å²) in [4.78, 5) is 20.4. The Labute approximate surface area is 203 Å². The molecule has 1 aromatic rings. The van der Waals surface area contributed by atoms with Crippen LogP contribution in [0.2, 0.25) is 0 Å². The van der Waals surface area contributed by atoms with Gasteiger partial charge in [-0.1, -0.05) is 12.1 Å². The first-order valence-corrected chi connectivity index (χ1v) is 10.5. The molecule has 0 aliphatic carbocycles. The first kappa shape index (κ1) is 27.4. The van der Waals surface area contributed by atoms with Crippen molar-refractivity contribution in [2.24, 2.45) is 4.99 Å². The summed E-state index contributed by atoms with van der Waals surface area (Å²) in [5.74, 6) is 1.47. The maximum absolute atomic E-state index is 12.0. The van der Waals surface area contributed by atoms with Crippen LogP contribution in [0.3, 0.4) is 0 Å². The largest absolute Gasteiger partial charge is 0.497 e. The molecule has 1 aliphatic rings. The van der Waals surface area contributed by atoms with Crippen molar-refractivity contribution in [2.45, 2.75) is 25.8 Å². The highest BCUT2D eigenvalue weighted by atomic mass is 127. The topological polar surface area (TPSA) is 78.4 Å². The van der Waals surface area contributed by atoms with Crippen LogP contribution in [0.15, 0.2) is 29.3 Å². The summed E-state index contributed by atoms with van der Waals surface area (Å²) >= 11 is 0. The van der Waals surface area contributed by atoms with Gasteiger partial charge in [-0.2, -0.15) is 0 Å². The highest BCUT2D eigenvalue weighted by Crippen LogP contribution is 2.15. The van der Waals surface area contributed by atoms with Gasteiger partial charge in [-0.3, -0.25) is 9.69 Å². The summed E-state index contributed by atoms with van der Waals surface area (Å²) in [5, 5.41) is 6.78. The standard InChI is InChI=1S/C22H37N5O3.HI/c1-22(2,27-12-14-30-15-13-27)17-25-21(24-16-20(28)26(3)4)23-11-10-18-6-8-19(29-5)9-7-18;/h6-9H,10-17H2,1-5H3,(H2,23,24,25);1H. The molecule has 1 aromatic carbocycles. The number of amides is 1. The summed E-state index contributed by atoms with van der Waals surface area (Å²) in [6.07, 6.45) is 0.846. The predicted octanol–water partition coefficient (Wildman–Crippen LogP) is 1.59. The van der Waals surface area contributed by atoms with Gasteiger partial charge >= 0.3 is 0 Å². The zero-order valence-corrected chi connectivity index (χ0v) is 21.8. The van der Waals surface area contributed by atoms with Gasteiger partial charge in [-0.05, 0) is 38.0 Å². The van der Waals surface area contributed by atoms with Crippen molar-refractivity contribution < 1.29 is 14.3 Å². The lowest BCUT2D eigenvalue weighted by molar-refractivity contribution is -0.127. The van der Waals surface area contributed by atoms with Crippen molar-refractivity contribution in [3.8, 4) is 5.75 Å². The van der Waals surface area contributed by atoms with Crippen molar-refractivity contribution in [1.82, 2.24) is 20.4 Å². The number of ether oxygens (including phenoxy) is 2. The molecule has 0 saturated carbocycles. The third-order valence-electron chi connectivity index (χ3n) is 5.29. The fraction of sp³-hybridized carbons (Fsp3) is 0.636. The molecule has 2 rings (SSSR count). The average molecular weight is 547 g/mol. The van der Waals surface area contributed by atoms with Crippen molar-refractivity contribution in [1.29, 1.82) is 0 Å². The molecule has 8 nitrogen and oxygen atoms in total. The van der Waals surface area contributed by atoms with Gasteiger partial charge in [0.25, 0.3) is 0 Å². The first-order valence-electron chi connectivity index (χ1n) is 10.5. The van der Waals surface area contributed by atoms with E-state index in [4.69, 9.17) is 9.47 Å². The minimum atomic E-state index is -0.0478. The molecule has 31 heavy (non-hydrogen) atoms. The molecule has 0 aromatic heterocycles. The number of guanidine groups is 1. The molecule has 176 valence electrons. The number of methoxy groups -OCH3 is 1. The molecule has 0 spiro atoms. The van der Waals surface area contributed by atoms with E-state index < -0.39 is 0 Å². The Hall–Kier alpha value is -1.59. The van der Waals surface area contributed by atoms with Crippen LogP contribution >= 0.6 is 24.0 Å². The quantitative estimate of drug-likeness (QED) is 0.278. The van der Waals surface area contributed by atoms with Gasteiger partial charge in [0.15, 0.2) is 5.96 Å². The molecule has 0 unspecified atom stereocenters. The van der Waals surface area contributed by atoms with Crippen LogP contribution in [0.5, 0.6) is 5.75 Å². The van der Waals surface area contributed by atoms with Crippen LogP contribution in [-0.2, 0) is 16.0 Å². The third-order valence-corrected chi connectivity index (χ3v) is 5.29. The van der Waals surface area contributed by atoms with Crippen LogP contribution in [0.1, 0.15) is 19.4 Å². The lowest BCUT2D eigenvalue weighted by atomic mass is 10.0. The smallest absolute Gasteiger partial charge is 0.243 e. The molecule has 0 atom stereocenters. The number of hydrogen-bond donors (Lipinski definition) is 2. The molecule has 9 heteroatoms. The summed E-state index contributed by atoms with van der Waals surface area (Å²) in [7, 11) is 5.14. The van der Waals surface area contributed by atoms with E-state index in [2.05, 4.69) is 46.5 Å². The fourth-order valence-corrected chi connectivity index (χ4v) is 3.16. The van der Waals surface area contributed by atoms with Crippen LogP contribution in [0.25, 0.3) is 0 Å². The number of halogens is 1. The van der Waals surface area contributed by atoms with Gasteiger partial charge in [0, 0.05) is 45.8 Å². The van der Waals surface area contributed by atoms with E-state index >= 15 is 0 Å². The summed E-state index contributed by atoms with van der Waals surface area (Å²) in [6.45, 7) is 9.35. The second-order valence-corrected chi connectivity index (χ2v) is 8.24. The maximum atomic E-state index is 12.0. The SMILES string of the molecule is COc1ccc(CCNC(=NCC(=O)N(C)C)NCC(C)(C)N2CCOCC2)cc1.I. The van der Waals surface area contributed by atoms with E-state index in [1.165, 1.54) is 5.56 Å². The Morgan fingerprint density at radius 1 is 1.19 bits per heavy atom. The lowest BCUT2D eigenvalue weighted by Gasteiger charge is -2.41. The summed E-state index contributed by atoms with van der Waals surface area (Å²) in [5.41, 5.74) is 1.16. The Morgan fingerprint density at radius 2 is 1.84 bits per heavy atom. The van der Waals surface area contributed by atoms with E-state index in [0.29, 0.717) is 12.5 Å². The molecule has 0 radical (unpaired) electrons. The van der Waals surface area contributed by atoms with Crippen molar-refractivity contribution >= 4 is 35.8 Å². The maximum Gasteiger partial charge on any atom is 0.243 e. The molecular formula is C22H38IN5O3. The van der Waals surface area contributed by atoms with Gasteiger partial charge in [-0.25, -0.2) is 4.99 Å². The number of carbonyl (C=O) groups excluding carboxylic acids is 1. The molecule has 1 heterocycles. The zero-order valence-electron chi connectivity index (χ0n) is 19.4. The number of morpholine rings is 1. The van der Waals surface area contributed by atoms with Crippen molar-refractivity contribution in [2.75, 3.05) is 67.1 Å². The number of rotatable bonds is 9. The van der Waals surface area contributed by atoms with Crippen LogP contribution in [-0.4, -0.2) is 94.3 Å². The second kappa shape index (κ2) is 13.7. The van der Waals surface area contributed by atoms with Gasteiger partial charge in [0.1, 0.15) is 12.3 Å². The van der Waals surface area contributed by atoms with Gasteiger partial charge in [0.2, 0.25) is 5.91 Å². The zero-order chi connectivity index (χ0) is 22.0. The Morgan fingerprint density at radius 3 is 2.42 bits per heavy atom. The van der Waals surface area contributed by atoms with Crippen LogP contribution < -0.4 is 15.4 Å². The Balaban J connectivity index is 0.00000480. The van der Waals surface area contributed by atoms with Gasteiger partial charge in [0.05, 0.1) is 20.3 Å². The molecule has 1 fully saturated rings. The Kier molecular flexibility index (Phi) is 12.2. The monoisotopic (exact) mass is 547 g/mol. The predicted molar refractivity (Wildman–Crippen MR) is 136 cm³/mol. The molecule has 1 saturated heterocycles. The molecule has 2 N–H and O–H groups in total. The molecule has 1 aliphatic heterocycles. The van der Waals surface area contributed by atoms with E-state index in [1.807, 2.05) is 12.1 Å². The number of aliphatic imine (C=N–C) groups is 1. The van der Waals surface area contributed by atoms with E-state index in [0.717, 1.165) is 45.0 Å². The summed E-state index contributed by atoms with van der Waals surface area (Å²) < 4.78 is 10.7. The van der Waals surface area contributed by atoms with E-state index in [-0.39, 0.29) is 42.0 Å². The fourth-order valence-electron chi connectivity index (χ4n) is 3.16. The molecular weight excluding hydrogens is 509 g/mol. The van der Waals surface area contributed by atoms with Crippen molar-refractivity contribution in [3.63, 3.8) is 0 Å². The number of likely N-dealkylation sites (N-methyl/N-ethyl adjacent to an activating group) is 1. The molecule has 1 amide bonds. The minimum Gasteiger partial charge on any atom is -0.497 e. The first-order chi connectivity index (χ1) is 14.3. The molecule has 0 bridgehead atoms. The second-order valence-electron chi connectivity index (χ2n) is 8.24. The Bertz CT molecular complexity index is 689. The summed E-state index contributed by atoms with van der Waals surface area (Å²) in [6, 6.07) is 8.04. The van der Waals surface area contributed by atoms with Gasteiger partial charge < -0.3 is 25.0 Å². The number of nitrogens with zero attached hydrogens (tertiary/aromatic N) is 3. The number of carbonyl (C=O) groups is 1. The number of benzene rings is 1.